The third kappa shape index (κ3) is 2.69. The standard InChI is InChI=1S/C16H21NO4/c18-14(13-10-11-6-2-3-7-12(11)21-13)17-16(15(19)20)8-4-1-5-9-16/h3,7,13H,1-2,4-6,8-10H2,(H,17,18)(H,19,20). The summed E-state index contributed by atoms with van der Waals surface area (Å²) in [5.41, 5.74) is 0.0723. The Morgan fingerprint density at radius 2 is 2.05 bits per heavy atom. The first-order valence-electron chi connectivity index (χ1n) is 7.71. The minimum absolute atomic E-state index is 0.290. The van der Waals surface area contributed by atoms with E-state index < -0.39 is 17.6 Å². The average molecular weight is 291 g/mol. The second-order valence-electron chi connectivity index (χ2n) is 6.16. The second kappa shape index (κ2) is 5.54. The zero-order valence-electron chi connectivity index (χ0n) is 12.1. The fourth-order valence-corrected chi connectivity index (χ4v) is 3.44. The predicted molar refractivity (Wildman–Crippen MR) is 76.5 cm³/mol. The monoisotopic (exact) mass is 291 g/mol. The van der Waals surface area contributed by atoms with Crippen molar-refractivity contribution < 1.29 is 19.4 Å². The van der Waals surface area contributed by atoms with Crippen LogP contribution < -0.4 is 5.32 Å². The number of amides is 1. The number of ether oxygens (including phenoxy) is 1. The number of allylic oxidation sites excluding steroid dienone is 2. The summed E-state index contributed by atoms with van der Waals surface area (Å²) in [5, 5.41) is 12.3. The van der Waals surface area contributed by atoms with Crippen LogP contribution in [0, 0.1) is 0 Å². The third-order valence-corrected chi connectivity index (χ3v) is 4.70. The normalized spacial score (nSPS) is 27.0. The van der Waals surface area contributed by atoms with Gasteiger partial charge in [-0.2, -0.15) is 0 Å². The molecular weight excluding hydrogens is 270 g/mol. The number of carboxylic acids is 1. The smallest absolute Gasteiger partial charge is 0.329 e. The van der Waals surface area contributed by atoms with E-state index in [9.17, 15) is 14.7 Å². The summed E-state index contributed by atoms with van der Waals surface area (Å²) >= 11 is 0. The summed E-state index contributed by atoms with van der Waals surface area (Å²) in [7, 11) is 0. The molecule has 3 aliphatic rings. The quantitative estimate of drug-likeness (QED) is 0.836. The summed E-state index contributed by atoms with van der Waals surface area (Å²) in [6.07, 6.45) is 9.61. The molecule has 1 heterocycles. The SMILES string of the molecule is O=C(NC1(C(=O)O)CCCCC1)C1CC2=C(C=CCC2)O1. The van der Waals surface area contributed by atoms with Crippen molar-refractivity contribution in [1.82, 2.24) is 5.32 Å². The minimum atomic E-state index is -1.10. The van der Waals surface area contributed by atoms with Crippen LogP contribution in [0.1, 0.15) is 51.4 Å². The fraction of sp³-hybridized carbons (Fsp3) is 0.625. The van der Waals surface area contributed by atoms with Crippen LogP contribution in [0.5, 0.6) is 0 Å². The van der Waals surface area contributed by atoms with Crippen molar-refractivity contribution in [2.24, 2.45) is 0 Å². The minimum Gasteiger partial charge on any atom is -0.480 e. The molecule has 2 aliphatic carbocycles. The third-order valence-electron chi connectivity index (χ3n) is 4.70. The molecule has 1 amide bonds. The Bertz CT molecular complexity index is 514. The molecule has 0 spiro atoms. The van der Waals surface area contributed by atoms with E-state index in [4.69, 9.17) is 4.74 Å². The van der Waals surface area contributed by atoms with Gasteiger partial charge in [0.2, 0.25) is 0 Å². The number of carbonyl (C=O) groups excluding carboxylic acids is 1. The Labute approximate surface area is 124 Å². The summed E-state index contributed by atoms with van der Waals surface area (Å²) in [4.78, 5) is 24.0. The van der Waals surface area contributed by atoms with Gasteiger partial charge in [-0.05, 0) is 37.3 Å². The number of nitrogens with one attached hydrogen (secondary N) is 1. The van der Waals surface area contributed by atoms with E-state index in [0.717, 1.165) is 37.9 Å². The van der Waals surface area contributed by atoms with Gasteiger partial charge in [-0.25, -0.2) is 4.79 Å². The van der Waals surface area contributed by atoms with E-state index in [1.165, 1.54) is 5.57 Å². The van der Waals surface area contributed by atoms with E-state index in [0.29, 0.717) is 19.3 Å². The highest BCUT2D eigenvalue weighted by molar-refractivity contribution is 5.89. The van der Waals surface area contributed by atoms with Crippen molar-refractivity contribution in [2.75, 3.05) is 0 Å². The Balaban J connectivity index is 1.66. The zero-order chi connectivity index (χ0) is 14.9. The van der Waals surface area contributed by atoms with E-state index in [-0.39, 0.29) is 5.91 Å². The molecule has 3 rings (SSSR count). The van der Waals surface area contributed by atoms with Gasteiger partial charge in [0, 0.05) is 6.42 Å². The first kappa shape index (κ1) is 14.2. The number of aliphatic carboxylic acids is 1. The molecule has 114 valence electrons. The molecule has 1 saturated carbocycles. The highest BCUT2D eigenvalue weighted by atomic mass is 16.5. The first-order chi connectivity index (χ1) is 10.1. The Hall–Kier alpha value is -1.78. The van der Waals surface area contributed by atoms with Crippen molar-refractivity contribution >= 4 is 11.9 Å². The Morgan fingerprint density at radius 3 is 2.71 bits per heavy atom. The van der Waals surface area contributed by atoms with Crippen molar-refractivity contribution in [3.63, 3.8) is 0 Å². The molecular formula is C16H21NO4. The molecule has 5 nitrogen and oxygen atoms in total. The van der Waals surface area contributed by atoms with Gasteiger partial charge in [-0.15, -0.1) is 0 Å². The number of hydrogen-bond acceptors (Lipinski definition) is 3. The molecule has 0 bridgehead atoms. The van der Waals surface area contributed by atoms with Gasteiger partial charge in [-0.1, -0.05) is 25.3 Å². The lowest BCUT2D eigenvalue weighted by Gasteiger charge is -2.34. The van der Waals surface area contributed by atoms with Crippen LogP contribution in [0.4, 0.5) is 0 Å². The molecule has 1 unspecified atom stereocenters. The molecule has 1 aliphatic heterocycles. The molecule has 0 aromatic heterocycles. The summed E-state index contributed by atoms with van der Waals surface area (Å²) in [5.74, 6) is -0.414. The van der Waals surface area contributed by atoms with Crippen LogP contribution in [0.2, 0.25) is 0 Å². The van der Waals surface area contributed by atoms with Gasteiger partial charge in [-0.3, -0.25) is 4.79 Å². The van der Waals surface area contributed by atoms with Gasteiger partial charge in [0.25, 0.3) is 5.91 Å². The van der Waals surface area contributed by atoms with Crippen molar-refractivity contribution in [1.29, 1.82) is 0 Å². The van der Waals surface area contributed by atoms with Crippen molar-refractivity contribution in [2.45, 2.75) is 63.0 Å². The molecule has 0 saturated heterocycles. The topological polar surface area (TPSA) is 75.6 Å². The molecule has 21 heavy (non-hydrogen) atoms. The number of carboxylic acid groups (broad SMARTS) is 1. The van der Waals surface area contributed by atoms with Crippen molar-refractivity contribution in [3.05, 3.63) is 23.5 Å². The van der Waals surface area contributed by atoms with E-state index >= 15 is 0 Å². The van der Waals surface area contributed by atoms with Crippen LogP contribution >= 0.6 is 0 Å². The fourth-order valence-electron chi connectivity index (χ4n) is 3.44. The largest absolute Gasteiger partial charge is 0.480 e. The van der Waals surface area contributed by atoms with Crippen LogP contribution in [-0.4, -0.2) is 28.6 Å². The van der Waals surface area contributed by atoms with Crippen molar-refractivity contribution in [3.8, 4) is 0 Å². The summed E-state index contributed by atoms with van der Waals surface area (Å²) in [6.45, 7) is 0. The van der Waals surface area contributed by atoms with E-state index in [2.05, 4.69) is 5.32 Å². The molecule has 1 atom stereocenters. The lowest BCUT2D eigenvalue weighted by Crippen LogP contribution is -2.57. The maximum Gasteiger partial charge on any atom is 0.329 e. The van der Waals surface area contributed by atoms with E-state index in [1.54, 1.807) is 0 Å². The lowest BCUT2D eigenvalue weighted by atomic mass is 9.81. The maximum atomic E-state index is 12.4. The van der Waals surface area contributed by atoms with Crippen LogP contribution in [0.25, 0.3) is 0 Å². The Morgan fingerprint density at radius 1 is 1.29 bits per heavy atom. The number of carbonyl (C=O) groups is 2. The number of hydrogen-bond donors (Lipinski definition) is 2. The summed E-state index contributed by atoms with van der Waals surface area (Å²) < 4.78 is 5.68. The molecule has 0 aromatic rings. The van der Waals surface area contributed by atoms with Crippen LogP contribution in [0.15, 0.2) is 23.5 Å². The van der Waals surface area contributed by atoms with Gasteiger partial charge in [0.15, 0.2) is 6.10 Å². The highest BCUT2D eigenvalue weighted by Gasteiger charge is 2.43. The highest BCUT2D eigenvalue weighted by Crippen LogP contribution is 2.34. The van der Waals surface area contributed by atoms with Gasteiger partial charge >= 0.3 is 5.97 Å². The van der Waals surface area contributed by atoms with Gasteiger partial charge < -0.3 is 15.2 Å². The maximum absolute atomic E-state index is 12.4. The lowest BCUT2D eigenvalue weighted by molar-refractivity contribution is -0.150. The summed E-state index contributed by atoms with van der Waals surface area (Å²) in [6, 6.07) is 0. The molecule has 5 heteroatoms. The van der Waals surface area contributed by atoms with Gasteiger partial charge in [0.1, 0.15) is 11.3 Å². The van der Waals surface area contributed by atoms with Crippen LogP contribution in [-0.2, 0) is 14.3 Å². The van der Waals surface area contributed by atoms with E-state index in [1.807, 2.05) is 12.2 Å². The Kier molecular flexibility index (Phi) is 3.74. The molecule has 1 fully saturated rings. The van der Waals surface area contributed by atoms with Gasteiger partial charge in [0.05, 0.1) is 0 Å². The average Bonchev–Trinajstić information content (AvgIpc) is 2.92. The zero-order valence-corrected chi connectivity index (χ0v) is 12.1. The second-order valence-corrected chi connectivity index (χ2v) is 6.16. The predicted octanol–water partition coefficient (Wildman–Crippen LogP) is 2.28. The molecule has 2 N–H and O–H groups in total. The molecule has 0 aromatic carbocycles. The van der Waals surface area contributed by atoms with Crippen LogP contribution in [0.3, 0.4) is 0 Å². The molecule has 0 radical (unpaired) electrons. The first-order valence-corrected chi connectivity index (χ1v) is 7.71. The number of rotatable bonds is 3.